The zero-order valence-electron chi connectivity index (χ0n) is 10.9. The Hall–Kier alpha value is -2.11. The van der Waals surface area contributed by atoms with Gasteiger partial charge in [0.2, 0.25) is 11.8 Å². The van der Waals surface area contributed by atoms with Crippen LogP contribution in [0, 0.1) is 5.92 Å². The average molecular weight is 264 g/mol. The smallest absolute Gasteiger partial charge is 0.306 e. The lowest BCUT2D eigenvalue weighted by Crippen LogP contribution is -2.28. The molecule has 0 aliphatic carbocycles. The molecule has 1 aliphatic heterocycles. The number of hydrogen-bond acceptors (Lipinski definition) is 4. The van der Waals surface area contributed by atoms with E-state index in [0.29, 0.717) is 19.0 Å². The largest absolute Gasteiger partial charge is 0.481 e. The van der Waals surface area contributed by atoms with Crippen LogP contribution in [0.1, 0.15) is 24.6 Å². The summed E-state index contributed by atoms with van der Waals surface area (Å²) in [7, 11) is 1.54. The first-order valence-corrected chi connectivity index (χ1v) is 6.04. The molecular weight excluding hydrogens is 248 g/mol. The van der Waals surface area contributed by atoms with Crippen LogP contribution in [0.25, 0.3) is 0 Å². The summed E-state index contributed by atoms with van der Waals surface area (Å²) >= 11 is 0. The second kappa shape index (κ2) is 5.26. The van der Waals surface area contributed by atoms with Crippen molar-refractivity contribution in [3.63, 3.8) is 0 Å². The Morgan fingerprint density at radius 3 is 2.84 bits per heavy atom. The second-order valence-corrected chi connectivity index (χ2v) is 4.65. The molecule has 0 bridgehead atoms. The molecule has 19 heavy (non-hydrogen) atoms. The fraction of sp³-hybridized carbons (Fsp3) is 0.462. The van der Waals surface area contributed by atoms with Gasteiger partial charge in [-0.05, 0) is 11.6 Å². The Morgan fingerprint density at radius 2 is 2.21 bits per heavy atom. The molecule has 1 amide bonds. The summed E-state index contributed by atoms with van der Waals surface area (Å²) in [5.41, 5.74) is 1.80. The first kappa shape index (κ1) is 13.3. The predicted molar refractivity (Wildman–Crippen MR) is 66.5 cm³/mol. The van der Waals surface area contributed by atoms with Crippen molar-refractivity contribution in [3.05, 3.63) is 23.4 Å². The molecule has 0 saturated heterocycles. The maximum atomic E-state index is 12.0. The lowest BCUT2D eigenvalue weighted by Gasteiger charge is -2.16. The molecule has 1 aromatic rings. The fourth-order valence-electron chi connectivity index (χ4n) is 2.00. The molecule has 6 heteroatoms. The van der Waals surface area contributed by atoms with E-state index in [0.717, 1.165) is 11.3 Å². The van der Waals surface area contributed by atoms with E-state index in [9.17, 15) is 9.59 Å². The number of rotatable bonds is 4. The van der Waals surface area contributed by atoms with E-state index in [2.05, 4.69) is 4.98 Å². The number of aromatic nitrogens is 1. The third-order valence-corrected chi connectivity index (χ3v) is 3.21. The quantitative estimate of drug-likeness (QED) is 0.879. The van der Waals surface area contributed by atoms with Gasteiger partial charge < -0.3 is 14.7 Å². The van der Waals surface area contributed by atoms with E-state index in [1.165, 1.54) is 6.92 Å². The molecule has 0 radical (unpaired) electrons. The number of ether oxygens (including phenoxy) is 1. The minimum atomic E-state index is -0.954. The van der Waals surface area contributed by atoms with Crippen LogP contribution >= 0.6 is 0 Å². The summed E-state index contributed by atoms with van der Waals surface area (Å²) in [6.07, 6.45) is 0.0143. The molecule has 0 aromatic carbocycles. The number of methoxy groups -OCH3 is 1. The molecule has 0 unspecified atom stereocenters. The molecule has 1 aliphatic rings. The minimum Gasteiger partial charge on any atom is -0.481 e. The van der Waals surface area contributed by atoms with Crippen LogP contribution in [0.5, 0.6) is 5.88 Å². The first-order chi connectivity index (χ1) is 9.01. The summed E-state index contributed by atoms with van der Waals surface area (Å²) in [5.74, 6) is -1.26. The van der Waals surface area contributed by atoms with Crippen LogP contribution in [0.15, 0.2) is 12.1 Å². The molecule has 0 saturated carbocycles. The number of nitrogens with zero attached hydrogens (tertiary/aromatic N) is 2. The predicted octanol–water partition coefficient (Wildman–Crippen LogP) is 1.04. The summed E-state index contributed by atoms with van der Waals surface area (Å²) in [6, 6.07) is 3.64. The standard InChI is InChI=1S/C13H16N2O4/c1-8(13(17)18)5-12(16)15-6-9-3-4-11(19-2)14-10(9)7-15/h3-4,8H,5-7H2,1-2H3,(H,17,18)/t8-/m0/s1. The highest BCUT2D eigenvalue weighted by atomic mass is 16.5. The zero-order valence-corrected chi connectivity index (χ0v) is 10.9. The molecule has 6 nitrogen and oxygen atoms in total. The number of carbonyl (C=O) groups excluding carboxylic acids is 1. The van der Waals surface area contributed by atoms with Gasteiger partial charge in [0.05, 0.1) is 25.3 Å². The number of carbonyl (C=O) groups is 2. The Bertz CT molecular complexity index is 515. The van der Waals surface area contributed by atoms with Crippen molar-refractivity contribution in [1.82, 2.24) is 9.88 Å². The van der Waals surface area contributed by atoms with Crippen LogP contribution in [-0.2, 0) is 22.7 Å². The Balaban J connectivity index is 2.03. The SMILES string of the molecule is COc1ccc2c(n1)CN(C(=O)C[C@H](C)C(=O)O)C2. The normalized spacial score (nSPS) is 14.9. The molecule has 0 spiro atoms. The van der Waals surface area contributed by atoms with Gasteiger partial charge in [-0.2, -0.15) is 0 Å². The van der Waals surface area contributed by atoms with Gasteiger partial charge in [-0.15, -0.1) is 0 Å². The van der Waals surface area contributed by atoms with E-state index in [-0.39, 0.29) is 12.3 Å². The van der Waals surface area contributed by atoms with E-state index >= 15 is 0 Å². The molecule has 0 fully saturated rings. The lowest BCUT2D eigenvalue weighted by atomic mass is 10.1. The van der Waals surface area contributed by atoms with E-state index in [4.69, 9.17) is 9.84 Å². The van der Waals surface area contributed by atoms with E-state index in [1.54, 1.807) is 18.1 Å². The Kier molecular flexibility index (Phi) is 3.69. The summed E-state index contributed by atoms with van der Waals surface area (Å²) < 4.78 is 5.04. The van der Waals surface area contributed by atoms with Crippen molar-refractivity contribution in [2.45, 2.75) is 26.4 Å². The molecule has 1 atom stereocenters. The maximum Gasteiger partial charge on any atom is 0.306 e. The number of hydrogen-bond donors (Lipinski definition) is 1. The van der Waals surface area contributed by atoms with Crippen molar-refractivity contribution < 1.29 is 19.4 Å². The highest BCUT2D eigenvalue weighted by Crippen LogP contribution is 2.24. The number of pyridine rings is 1. The number of carboxylic acids is 1. The number of aliphatic carboxylic acids is 1. The number of amides is 1. The van der Waals surface area contributed by atoms with Gasteiger partial charge in [0.15, 0.2) is 0 Å². The van der Waals surface area contributed by atoms with E-state index in [1.807, 2.05) is 6.07 Å². The maximum absolute atomic E-state index is 12.0. The molecule has 1 aromatic heterocycles. The monoisotopic (exact) mass is 264 g/mol. The van der Waals surface area contributed by atoms with Crippen molar-refractivity contribution >= 4 is 11.9 Å². The highest BCUT2D eigenvalue weighted by Gasteiger charge is 2.27. The van der Waals surface area contributed by atoms with Gasteiger partial charge >= 0.3 is 5.97 Å². The minimum absolute atomic E-state index is 0.0143. The number of carboxylic acid groups (broad SMARTS) is 1. The third kappa shape index (κ3) is 2.83. The highest BCUT2D eigenvalue weighted by molar-refractivity contribution is 5.82. The van der Waals surface area contributed by atoms with Gasteiger partial charge in [-0.1, -0.05) is 6.92 Å². The van der Waals surface area contributed by atoms with Gasteiger partial charge in [-0.3, -0.25) is 9.59 Å². The molecule has 102 valence electrons. The van der Waals surface area contributed by atoms with Crippen molar-refractivity contribution in [2.24, 2.45) is 5.92 Å². The van der Waals surface area contributed by atoms with Gasteiger partial charge in [0, 0.05) is 19.0 Å². The van der Waals surface area contributed by atoms with Gasteiger partial charge in [0.1, 0.15) is 0 Å². The van der Waals surface area contributed by atoms with Crippen molar-refractivity contribution in [2.75, 3.05) is 7.11 Å². The zero-order chi connectivity index (χ0) is 14.0. The Morgan fingerprint density at radius 1 is 1.47 bits per heavy atom. The van der Waals surface area contributed by atoms with E-state index < -0.39 is 11.9 Å². The average Bonchev–Trinajstić information content (AvgIpc) is 2.81. The van der Waals surface area contributed by atoms with Crippen LogP contribution in [0.4, 0.5) is 0 Å². The Labute approximate surface area is 111 Å². The molecular formula is C13H16N2O4. The van der Waals surface area contributed by atoms with Gasteiger partial charge in [0.25, 0.3) is 0 Å². The summed E-state index contributed by atoms with van der Waals surface area (Å²) in [6.45, 7) is 2.43. The fourth-order valence-corrected chi connectivity index (χ4v) is 2.00. The summed E-state index contributed by atoms with van der Waals surface area (Å²) in [4.78, 5) is 28.6. The van der Waals surface area contributed by atoms with Crippen LogP contribution < -0.4 is 4.74 Å². The van der Waals surface area contributed by atoms with Crippen LogP contribution in [0.2, 0.25) is 0 Å². The second-order valence-electron chi connectivity index (χ2n) is 4.65. The molecule has 2 rings (SSSR count). The molecule has 1 N–H and O–H groups in total. The topological polar surface area (TPSA) is 79.7 Å². The van der Waals surface area contributed by atoms with Gasteiger partial charge in [-0.25, -0.2) is 4.98 Å². The number of fused-ring (bicyclic) bond motifs is 1. The van der Waals surface area contributed by atoms with Crippen molar-refractivity contribution in [1.29, 1.82) is 0 Å². The van der Waals surface area contributed by atoms with Crippen LogP contribution in [0.3, 0.4) is 0 Å². The molecule has 2 heterocycles. The third-order valence-electron chi connectivity index (χ3n) is 3.21. The summed E-state index contributed by atoms with van der Waals surface area (Å²) in [5, 5.41) is 8.82. The van der Waals surface area contributed by atoms with Crippen molar-refractivity contribution in [3.8, 4) is 5.88 Å². The van der Waals surface area contributed by atoms with Crippen LogP contribution in [-0.4, -0.2) is 34.0 Å². The lowest BCUT2D eigenvalue weighted by molar-refractivity contribution is -0.145. The first-order valence-electron chi connectivity index (χ1n) is 6.04.